The highest BCUT2D eigenvalue weighted by Crippen LogP contribution is 2.28. The van der Waals surface area contributed by atoms with Crippen LogP contribution >= 0.6 is 0 Å². The lowest BCUT2D eigenvalue weighted by molar-refractivity contribution is 0.419. The number of fused-ring (bicyclic) bond motifs is 1. The lowest BCUT2D eigenvalue weighted by Gasteiger charge is -2.14. The van der Waals surface area contributed by atoms with Gasteiger partial charge in [-0.1, -0.05) is 23.8 Å². The zero-order valence-corrected chi connectivity index (χ0v) is 13.5. The second kappa shape index (κ2) is 6.82. The van der Waals surface area contributed by atoms with E-state index in [4.69, 9.17) is 9.72 Å². The number of benzene rings is 1. The molecule has 22 heavy (non-hydrogen) atoms. The van der Waals surface area contributed by atoms with Crippen molar-refractivity contribution in [2.45, 2.75) is 39.0 Å². The Hall–Kier alpha value is -2.03. The van der Waals surface area contributed by atoms with Gasteiger partial charge in [-0.25, -0.2) is 4.98 Å². The van der Waals surface area contributed by atoms with Crippen LogP contribution in [0.5, 0.6) is 5.75 Å². The second-order valence-electron chi connectivity index (χ2n) is 5.97. The molecule has 0 bridgehead atoms. The van der Waals surface area contributed by atoms with E-state index in [0.717, 1.165) is 35.4 Å². The number of methoxy groups -OCH3 is 1. The minimum Gasteiger partial charge on any atom is -0.494 e. The van der Waals surface area contributed by atoms with Crippen LogP contribution in [-0.2, 0) is 0 Å². The number of anilines is 1. The SMILES string of the molecule is COc1cccc2c(C)cc(NCCC3=CCCCC3)nc12. The summed E-state index contributed by atoms with van der Waals surface area (Å²) in [6.45, 7) is 3.07. The van der Waals surface area contributed by atoms with Gasteiger partial charge in [-0.05, 0) is 56.7 Å². The van der Waals surface area contributed by atoms with E-state index in [-0.39, 0.29) is 0 Å². The van der Waals surface area contributed by atoms with Crippen molar-refractivity contribution in [1.29, 1.82) is 0 Å². The fraction of sp³-hybridized carbons (Fsp3) is 0.421. The van der Waals surface area contributed by atoms with E-state index in [1.54, 1.807) is 12.7 Å². The molecule has 1 aromatic heterocycles. The molecule has 116 valence electrons. The summed E-state index contributed by atoms with van der Waals surface area (Å²) < 4.78 is 5.44. The predicted octanol–water partition coefficient (Wildman–Crippen LogP) is 4.85. The highest BCUT2D eigenvalue weighted by atomic mass is 16.5. The minimum absolute atomic E-state index is 0.833. The minimum atomic E-state index is 0.833. The fourth-order valence-electron chi connectivity index (χ4n) is 3.13. The van der Waals surface area contributed by atoms with Gasteiger partial charge < -0.3 is 10.1 Å². The van der Waals surface area contributed by atoms with Crippen LogP contribution < -0.4 is 10.1 Å². The van der Waals surface area contributed by atoms with Crippen LogP contribution in [0.3, 0.4) is 0 Å². The number of nitrogens with zero attached hydrogens (tertiary/aromatic N) is 1. The van der Waals surface area contributed by atoms with Crippen molar-refractivity contribution in [3.8, 4) is 5.75 Å². The number of aryl methyl sites for hydroxylation is 1. The first kappa shape index (κ1) is 14.9. The molecule has 3 rings (SSSR count). The van der Waals surface area contributed by atoms with Crippen molar-refractivity contribution in [2.75, 3.05) is 19.0 Å². The van der Waals surface area contributed by atoms with Crippen molar-refractivity contribution < 1.29 is 4.74 Å². The van der Waals surface area contributed by atoms with Gasteiger partial charge in [-0.2, -0.15) is 0 Å². The smallest absolute Gasteiger partial charge is 0.145 e. The van der Waals surface area contributed by atoms with E-state index >= 15 is 0 Å². The molecule has 1 aliphatic carbocycles. The molecule has 1 aromatic carbocycles. The van der Waals surface area contributed by atoms with Crippen LogP contribution in [0.15, 0.2) is 35.9 Å². The first-order chi connectivity index (χ1) is 10.8. The van der Waals surface area contributed by atoms with E-state index < -0.39 is 0 Å². The number of aromatic nitrogens is 1. The fourth-order valence-corrected chi connectivity index (χ4v) is 3.13. The third-order valence-electron chi connectivity index (χ3n) is 4.37. The first-order valence-corrected chi connectivity index (χ1v) is 8.14. The molecule has 0 atom stereocenters. The molecule has 1 aliphatic rings. The van der Waals surface area contributed by atoms with Gasteiger partial charge in [0, 0.05) is 11.9 Å². The van der Waals surface area contributed by atoms with Crippen LogP contribution in [0, 0.1) is 6.92 Å². The van der Waals surface area contributed by atoms with Crippen molar-refractivity contribution in [3.05, 3.63) is 41.5 Å². The third kappa shape index (κ3) is 3.24. The number of hydrogen-bond donors (Lipinski definition) is 1. The molecule has 0 spiro atoms. The maximum atomic E-state index is 5.44. The molecule has 1 heterocycles. The van der Waals surface area contributed by atoms with Gasteiger partial charge in [0.2, 0.25) is 0 Å². The van der Waals surface area contributed by atoms with Crippen LogP contribution in [-0.4, -0.2) is 18.6 Å². The standard InChI is InChI=1S/C19H24N2O/c1-14-13-18(20-12-11-15-7-4-3-5-8-15)21-19-16(14)9-6-10-17(19)22-2/h6-7,9-10,13H,3-5,8,11-12H2,1-2H3,(H,20,21). The third-order valence-corrected chi connectivity index (χ3v) is 4.37. The zero-order valence-electron chi connectivity index (χ0n) is 13.5. The van der Waals surface area contributed by atoms with E-state index in [2.05, 4.69) is 30.4 Å². The van der Waals surface area contributed by atoms with Gasteiger partial charge in [-0.3, -0.25) is 0 Å². The van der Waals surface area contributed by atoms with E-state index in [1.807, 2.05) is 12.1 Å². The Bertz CT molecular complexity index is 691. The van der Waals surface area contributed by atoms with Crippen LogP contribution in [0.2, 0.25) is 0 Å². The summed E-state index contributed by atoms with van der Waals surface area (Å²) in [5.41, 5.74) is 3.75. The molecule has 3 nitrogen and oxygen atoms in total. The molecule has 3 heteroatoms. The maximum absolute atomic E-state index is 5.44. The largest absolute Gasteiger partial charge is 0.494 e. The molecular formula is C19H24N2O. The van der Waals surface area contributed by atoms with E-state index in [9.17, 15) is 0 Å². The Labute approximate surface area is 132 Å². The molecule has 0 aliphatic heterocycles. The molecule has 0 amide bonds. The Balaban J connectivity index is 1.75. The summed E-state index contributed by atoms with van der Waals surface area (Å²) in [6, 6.07) is 8.19. The summed E-state index contributed by atoms with van der Waals surface area (Å²) in [4.78, 5) is 4.73. The van der Waals surface area contributed by atoms with E-state index in [0.29, 0.717) is 0 Å². The first-order valence-electron chi connectivity index (χ1n) is 8.14. The van der Waals surface area contributed by atoms with Crippen LogP contribution in [0.4, 0.5) is 5.82 Å². The normalized spacial score (nSPS) is 14.7. The molecular weight excluding hydrogens is 272 g/mol. The summed E-state index contributed by atoms with van der Waals surface area (Å²) in [5, 5.41) is 4.62. The maximum Gasteiger partial charge on any atom is 0.145 e. The van der Waals surface area contributed by atoms with Crippen molar-refractivity contribution in [2.24, 2.45) is 0 Å². The molecule has 0 saturated heterocycles. The second-order valence-corrected chi connectivity index (χ2v) is 5.97. The van der Waals surface area contributed by atoms with Crippen molar-refractivity contribution in [3.63, 3.8) is 0 Å². The average molecular weight is 296 g/mol. The monoisotopic (exact) mass is 296 g/mol. The quantitative estimate of drug-likeness (QED) is 0.800. The Morgan fingerprint density at radius 2 is 2.18 bits per heavy atom. The van der Waals surface area contributed by atoms with Gasteiger partial charge in [0.1, 0.15) is 17.1 Å². The summed E-state index contributed by atoms with van der Waals surface area (Å²) in [5.74, 6) is 1.77. The topological polar surface area (TPSA) is 34.1 Å². The molecule has 0 unspecified atom stereocenters. The summed E-state index contributed by atoms with van der Waals surface area (Å²) in [6.07, 6.45) is 8.73. The Kier molecular flexibility index (Phi) is 4.62. The number of para-hydroxylation sites is 1. The Morgan fingerprint density at radius 3 is 2.95 bits per heavy atom. The molecule has 2 aromatic rings. The van der Waals surface area contributed by atoms with Crippen molar-refractivity contribution in [1.82, 2.24) is 4.98 Å². The number of pyridine rings is 1. The number of ether oxygens (including phenoxy) is 1. The zero-order chi connectivity index (χ0) is 15.4. The Morgan fingerprint density at radius 1 is 1.27 bits per heavy atom. The molecule has 0 radical (unpaired) electrons. The van der Waals surface area contributed by atoms with Gasteiger partial charge >= 0.3 is 0 Å². The van der Waals surface area contributed by atoms with Gasteiger partial charge in [-0.15, -0.1) is 0 Å². The van der Waals surface area contributed by atoms with Crippen LogP contribution in [0.1, 0.15) is 37.7 Å². The number of rotatable bonds is 5. The molecule has 0 saturated carbocycles. The number of nitrogens with one attached hydrogen (secondary N) is 1. The van der Waals surface area contributed by atoms with Gasteiger partial charge in [0.05, 0.1) is 7.11 Å². The lowest BCUT2D eigenvalue weighted by atomic mass is 9.97. The lowest BCUT2D eigenvalue weighted by Crippen LogP contribution is -2.06. The number of allylic oxidation sites excluding steroid dienone is 1. The van der Waals surface area contributed by atoms with Gasteiger partial charge in [0.25, 0.3) is 0 Å². The average Bonchev–Trinajstić information content (AvgIpc) is 2.55. The highest BCUT2D eigenvalue weighted by Gasteiger charge is 2.08. The van der Waals surface area contributed by atoms with Crippen molar-refractivity contribution >= 4 is 16.7 Å². The number of hydrogen-bond acceptors (Lipinski definition) is 3. The molecule has 0 fully saturated rings. The van der Waals surface area contributed by atoms with Crippen LogP contribution in [0.25, 0.3) is 10.9 Å². The highest BCUT2D eigenvalue weighted by molar-refractivity contribution is 5.88. The molecule has 1 N–H and O–H groups in total. The predicted molar refractivity (Wildman–Crippen MR) is 92.7 cm³/mol. The summed E-state index contributed by atoms with van der Waals surface area (Å²) >= 11 is 0. The van der Waals surface area contributed by atoms with Gasteiger partial charge in [0.15, 0.2) is 0 Å². The van der Waals surface area contributed by atoms with E-state index in [1.165, 1.54) is 31.2 Å². The summed E-state index contributed by atoms with van der Waals surface area (Å²) in [7, 11) is 1.70.